The van der Waals surface area contributed by atoms with E-state index >= 15 is 0 Å². The van der Waals surface area contributed by atoms with E-state index in [1.165, 1.54) is 17.7 Å². The molecule has 2 N–H and O–H groups in total. The summed E-state index contributed by atoms with van der Waals surface area (Å²) in [7, 11) is 0. The largest absolute Gasteiger partial charge is 0.493 e. The minimum atomic E-state index is -0.385. The van der Waals surface area contributed by atoms with Crippen LogP contribution in [0.1, 0.15) is 25.3 Å². The minimum absolute atomic E-state index is 0.122. The van der Waals surface area contributed by atoms with Gasteiger partial charge in [-0.1, -0.05) is 26.0 Å². The molecule has 112 valence electrons. The fourth-order valence-electron chi connectivity index (χ4n) is 2.27. The summed E-state index contributed by atoms with van der Waals surface area (Å²) < 4.78 is 13.3. The molecule has 4 nitrogen and oxygen atoms in total. The molecule has 0 radical (unpaired) electrons. The monoisotopic (exact) mass is 297 g/mol. The molecular formula is C17H16FN3O. The van der Waals surface area contributed by atoms with E-state index in [0.29, 0.717) is 22.5 Å². The summed E-state index contributed by atoms with van der Waals surface area (Å²) in [6.07, 6.45) is 0. The summed E-state index contributed by atoms with van der Waals surface area (Å²) in [5, 5.41) is 18.6. The predicted octanol–water partition coefficient (Wildman–Crippen LogP) is 5.55. The first-order valence-electron chi connectivity index (χ1n) is 7.06. The molecule has 0 atom stereocenters. The Hall–Kier alpha value is -2.69. The normalized spacial score (nSPS) is 11.8. The lowest BCUT2D eigenvalue weighted by atomic mass is 10.0. The molecule has 1 aromatic heterocycles. The summed E-state index contributed by atoms with van der Waals surface area (Å²) in [6.45, 7) is 4.24. The van der Waals surface area contributed by atoms with Crippen molar-refractivity contribution in [2.75, 3.05) is 0 Å². The molecule has 0 bridgehead atoms. The second-order valence-electron chi connectivity index (χ2n) is 5.46. The van der Waals surface area contributed by atoms with Crippen LogP contribution in [0.3, 0.4) is 0 Å². The van der Waals surface area contributed by atoms with Crippen LogP contribution in [0, 0.1) is 5.82 Å². The van der Waals surface area contributed by atoms with Crippen molar-refractivity contribution in [2.24, 2.45) is 10.2 Å². The van der Waals surface area contributed by atoms with Crippen molar-refractivity contribution in [2.45, 2.75) is 19.8 Å². The number of rotatable bonds is 3. The van der Waals surface area contributed by atoms with Crippen molar-refractivity contribution in [3.05, 3.63) is 53.8 Å². The zero-order valence-corrected chi connectivity index (χ0v) is 12.3. The first-order chi connectivity index (χ1) is 10.5. The van der Waals surface area contributed by atoms with Crippen LogP contribution < -0.4 is 0 Å². The summed E-state index contributed by atoms with van der Waals surface area (Å²) in [5.74, 6) is -0.0565. The molecule has 0 fully saturated rings. The Morgan fingerprint density at radius 3 is 2.45 bits per heavy atom. The third kappa shape index (κ3) is 2.70. The van der Waals surface area contributed by atoms with Crippen LogP contribution in [0.25, 0.3) is 10.9 Å². The molecule has 0 aliphatic carbocycles. The Morgan fingerprint density at radius 1 is 1.05 bits per heavy atom. The topological polar surface area (TPSA) is 60.7 Å². The fraction of sp³-hybridized carbons (Fsp3) is 0.176. The number of hydrogen-bond donors (Lipinski definition) is 2. The zero-order valence-electron chi connectivity index (χ0n) is 12.3. The lowest BCUT2D eigenvalue weighted by Crippen LogP contribution is -1.84. The van der Waals surface area contributed by atoms with E-state index in [0.717, 1.165) is 0 Å². The van der Waals surface area contributed by atoms with Crippen LogP contribution >= 0.6 is 0 Å². The first-order valence-corrected chi connectivity index (χ1v) is 7.06. The van der Waals surface area contributed by atoms with E-state index in [1.54, 1.807) is 6.07 Å². The van der Waals surface area contributed by atoms with Crippen LogP contribution in [-0.2, 0) is 0 Å². The second-order valence-corrected chi connectivity index (χ2v) is 5.46. The van der Waals surface area contributed by atoms with Crippen LogP contribution in [-0.4, -0.2) is 10.1 Å². The van der Waals surface area contributed by atoms with Crippen LogP contribution in [0.2, 0.25) is 0 Å². The number of hydrogen-bond acceptors (Lipinski definition) is 3. The van der Waals surface area contributed by atoms with Gasteiger partial charge in [0, 0.05) is 5.39 Å². The summed E-state index contributed by atoms with van der Waals surface area (Å²) in [6, 6.07) is 11.9. The Morgan fingerprint density at radius 2 is 1.77 bits per heavy atom. The summed E-state index contributed by atoms with van der Waals surface area (Å²) in [4.78, 5) is 2.75. The smallest absolute Gasteiger partial charge is 0.218 e. The molecule has 0 aliphatic heterocycles. The maximum atomic E-state index is 13.3. The Bertz CT molecular complexity index is 835. The molecule has 3 aromatic rings. The van der Waals surface area contributed by atoms with E-state index < -0.39 is 0 Å². The lowest BCUT2D eigenvalue weighted by Gasteiger charge is -2.03. The molecule has 5 heteroatoms. The SMILES string of the molecule is CC(C)c1ccc(N=Nc2c(O)[nH]c3ccc(F)cc23)cc1. The number of halogens is 1. The number of aromatic nitrogens is 1. The van der Waals surface area contributed by atoms with E-state index in [-0.39, 0.29) is 17.4 Å². The first kappa shape index (κ1) is 14.3. The standard InChI is InChI=1S/C17H16FN3O/c1-10(2)11-3-6-13(7-4-11)20-21-16-14-9-12(18)5-8-15(14)19-17(16)22/h3-10,19,22H,1-2H3. The number of nitrogens with zero attached hydrogens (tertiary/aromatic N) is 2. The van der Waals surface area contributed by atoms with Gasteiger partial charge in [0.05, 0.1) is 11.2 Å². The molecule has 1 heterocycles. The van der Waals surface area contributed by atoms with E-state index in [4.69, 9.17) is 0 Å². The Balaban J connectivity index is 1.95. The van der Waals surface area contributed by atoms with Gasteiger partial charge in [0.2, 0.25) is 5.88 Å². The molecule has 22 heavy (non-hydrogen) atoms. The maximum absolute atomic E-state index is 13.3. The molecule has 0 aliphatic rings. The number of H-pyrrole nitrogens is 1. The minimum Gasteiger partial charge on any atom is -0.493 e. The van der Waals surface area contributed by atoms with Crippen molar-refractivity contribution in [3.8, 4) is 5.88 Å². The zero-order chi connectivity index (χ0) is 15.7. The van der Waals surface area contributed by atoms with Crippen molar-refractivity contribution >= 4 is 22.3 Å². The Kier molecular flexibility index (Phi) is 3.63. The molecule has 2 aromatic carbocycles. The number of aromatic amines is 1. The summed E-state index contributed by atoms with van der Waals surface area (Å²) in [5.41, 5.74) is 2.75. The molecule has 0 saturated heterocycles. The van der Waals surface area contributed by atoms with Crippen molar-refractivity contribution < 1.29 is 9.50 Å². The van der Waals surface area contributed by atoms with Gasteiger partial charge in [-0.3, -0.25) is 0 Å². The van der Waals surface area contributed by atoms with Gasteiger partial charge in [-0.15, -0.1) is 5.11 Å². The predicted molar refractivity (Wildman–Crippen MR) is 84.6 cm³/mol. The highest BCUT2D eigenvalue weighted by molar-refractivity contribution is 5.94. The quantitative estimate of drug-likeness (QED) is 0.611. The van der Waals surface area contributed by atoms with Gasteiger partial charge in [0.25, 0.3) is 0 Å². The highest BCUT2D eigenvalue weighted by atomic mass is 19.1. The van der Waals surface area contributed by atoms with Gasteiger partial charge in [0.1, 0.15) is 5.82 Å². The molecule has 0 amide bonds. The molecule has 0 spiro atoms. The lowest BCUT2D eigenvalue weighted by molar-refractivity contribution is 0.459. The Labute approximate surface area is 127 Å². The van der Waals surface area contributed by atoms with E-state index in [9.17, 15) is 9.50 Å². The van der Waals surface area contributed by atoms with Gasteiger partial charge < -0.3 is 10.1 Å². The van der Waals surface area contributed by atoms with Crippen molar-refractivity contribution in [1.29, 1.82) is 0 Å². The van der Waals surface area contributed by atoms with Gasteiger partial charge in [0.15, 0.2) is 5.69 Å². The van der Waals surface area contributed by atoms with Gasteiger partial charge in [-0.2, -0.15) is 5.11 Å². The van der Waals surface area contributed by atoms with Gasteiger partial charge in [-0.05, 0) is 41.8 Å². The number of azo groups is 1. The number of fused-ring (bicyclic) bond motifs is 1. The van der Waals surface area contributed by atoms with Gasteiger partial charge >= 0.3 is 0 Å². The molecule has 0 saturated carbocycles. The van der Waals surface area contributed by atoms with Crippen molar-refractivity contribution in [1.82, 2.24) is 4.98 Å². The highest BCUT2D eigenvalue weighted by Crippen LogP contribution is 2.36. The van der Waals surface area contributed by atoms with Crippen LogP contribution in [0.5, 0.6) is 5.88 Å². The fourth-order valence-corrected chi connectivity index (χ4v) is 2.27. The molecular weight excluding hydrogens is 281 g/mol. The third-order valence-corrected chi connectivity index (χ3v) is 3.54. The molecule has 0 unspecified atom stereocenters. The highest BCUT2D eigenvalue weighted by Gasteiger charge is 2.11. The van der Waals surface area contributed by atoms with Crippen molar-refractivity contribution in [3.63, 3.8) is 0 Å². The summed E-state index contributed by atoms with van der Waals surface area (Å²) >= 11 is 0. The van der Waals surface area contributed by atoms with Gasteiger partial charge in [-0.25, -0.2) is 4.39 Å². The second kappa shape index (κ2) is 5.60. The average molecular weight is 297 g/mol. The number of aromatic hydroxyl groups is 1. The number of nitrogens with one attached hydrogen (secondary N) is 1. The number of benzene rings is 2. The van der Waals surface area contributed by atoms with Crippen LogP contribution in [0.4, 0.5) is 15.8 Å². The van der Waals surface area contributed by atoms with E-state index in [2.05, 4.69) is 29.1 Å². The molecule has 3 rings (SSSR count). The average Bonchev–Trinajstić information content (AvgIpc) is 2.80. The van der Waals surface area contributed by atoms with E-state index in [1.807, 2.05) is 24.3 Å². The van der Waals surface area contributed by atoms with Crippen LogP contribution in [0.15, 0.2) is 52.7 Å². The maximum Gasteiger partial charge on any atom is 0.218 e. The third-order valence-electron chi connectivity index (χ3n) is 3.54.